The Balaban J connectivity index is 0.000000318. The van der Waals surface area contributed by atoms with Crippen LogP contribution in [0.5, 0.6) is 0 Å². The average Bonchev–Trinajstić information content (AvgIpc) is 2.78. The molecule has 2 amide bonds. The number of benzene rings is 2. The van der Waals surface area contributed by atoms with Crippen LogP contribution in [0.3, 0.4) is 0 Å². The zero-order valence-corrected chi connectivity index (χ0v) is 19.4. The fourth-order valence-electron chi connectivity index (χ4n) is 3.86. The van der Waals surface area contributed by atoms with E-state index >= 15 is 0 Å². The average molecular weight is 461 g/mol. The van der Waals surface area contributed by atoms with E-state index < -0.39 is 0 Å². The molecule has 7 heteroatoms. The van der Waals surface area contributed by atoms with Gasteiger partial charge < -0.3 is 10.6 Å². The molecule has 2 aromatic carbocycles. The highest BCUT2D eigenvalue weighted by Crippen LogP contribution is 2.57. The molecule has 0 unspecified atom stereocenters. The summed E-state index contributed by atoms with van der Waals surface area (Å²) in [5.74, 6) is 0.313. The number of anilines is 1. The maximum absolute atomic E-state index is 12.0. The number of hydrogen-bond donors (Lipinski definition) is 3. The van der Waals surface area contributed by atoms with Crippen molar-refractivity contribution in [1.29, 1.82) is 0 Å². The highest BCUT2D eigenvalue weighted by atomic mass is 32.2. The lowest BCUT2D eigenvalue weighted by Gasteiger charge is -2.61. The summed E-state index contributed by atoms with van der Waals surface area (Å²) in [6.07, 6.45) is 5.45. The number of aryl methyl sites for hydroxylation is 1. The van der Waals surface area contributed by atoms with Gasteiger partial charge in [-0.2, -0.15) is 0 Å². The van der Waals surface area contributed by atoms with Crippen LogP contribution in [0.2, 0.25) is 0 Å². The van der Waals surface area contributed by atoms with E-state index in [2.05, 4.69) is 39.4 Å². The minimum Gasteiger partial charge on any atom is -0.342 e. The summed E-state index contributed by atoms with van der Waals surface area (Å²) < 4.78 is 3.56. The summed E-state index contributed by atoms with van der Waals surface area (Å²) in [5, 5.41) is 5.33. The Hall–Kier alpha value is -3.16. The summed E-state index contributed by atoms with van der Waals surface area (Å²) in [6, 6.07) is 23.0. The fraction of sp³-hybridized carbons (Fsp3) is 0.269. The van der Waals surface area contributed by atoms with Gasteiger partial charge in [-0.25, -0.2) is 0 Å². The number of nitrogens with one attached hydrogen (secondary N) is 3. The van der Waals surface area contributed by atoms with Crippen molar-refractivity contribution in [3.05, 3.63) is 90.3 Å². The first-order valence-corrected chi connectivity index (χ1v) is 11.9. The Bertz CT molecular complexity index is 1060. The van der Waals surface area contributed by atoms with E-state index in [1.54, 1.807) is 30.1 Å². The molecule has 3 saturated carbocycles. The van der Waals surface area contributed by atoms with Gasteiger partial charge in [-0.3, -0.25) is 19.3 Å². The molecular weight excluding hydrogens is 432 g/mol. The molecule has 2 bridgehead atoms. The number of nitrogens with zero attached hydrogens (tertiary/aromatic N) is 1. The zero-order valence-electron chi connectivity index (χ0n) is 18.6. The Kier molecular flexibility index (Phi) is 7.42. The van der Waals surface area contributed by atoms with Crippen LogP contribution in [0.4, 0.5) is 5.69 Å². The molecule has 1 heterocycles. The van der Waals surface area contributed by atoms with Gasteiger partial charge in [0.2, 0.25) is 5.91 Å². The number of amides is 2. The first-order chi connectivity index (χ1) is 16.0. The molecule has 1 aromatic heterocycles. The lowest BCUT2D eigenvalue weighted by Crippen LogP contribution is -2.64. The molecule has 3 aliphatic rings. The summed E-state index contributed by atoms with van der Waals surface area (Å²) in [7, 11) is 0. The first-order valence-electron chi connectivity index (χ1n) is 11.1. The molecule has 3 aliphatic carbocycles. The standard InChI is InChI=1S/C19H20N4O2S.C7H8/c24-17(12-21-18(25)16-3-1-2-8-20-16)22-14-4-6-15(7-5-14)26-23-19-9-13(10-19)11-19;1-7-5-3-2-4-6-7/h1-8,13,23H,9-12H2,(H,21,25)(H,22,24);2-6H,1H3. The summed E-state index contributed by atoms with van der Waals surface area (Å²) in [4.78, 5) is 28.9. The SMILES string of the molecule is Cc1ccccc1.O=C(CNC(=O)c1ccccn1)Nc1ccc(SNC23CC(C2)C3)cc1. The third kappa shape index (κ3) is 6.43. The molecule has 6 rings (SSSR count). The molecule has 3 aromatic rings. The minimum absolute atomic E-state index is 0.100. The Labute approximate surface area is 198 Å². The van der Waals surface area contributed by atoms with Gasteiger partial charge in [0.1, 0.15) is 5.69 Å². The van der Waals surface area contributed by atoms with Crippen LogP contribution in [-0.2, 0) is 4.79 Å². The Morgan fingerprint density at radius 3 is 2.21 bits per heavy atom. The predicted octanol–water partition coefficient (Wildman–Crippen LogP) is 4.59. The summed E-state index contributed by atoms with van der Waals surface area (Å²) in [5.41, 5.74) is 2.70. The smallest absolute Gasteiger partial charge is 0.270 e. The Morgan fingerprint density at radius 2 is 1.67 bits per heavy atom. The van der Waals surface area contributed by atoms with Crippen molar-refractivity contribution in [2.45, 2.75) is 36.6 Å². The van der Waals surface area contributed by atoms with E-state index in [-0.39, 0.29) is 24.1 Å². The molecular formula is C26H28N4O2S. The van der Waals surface area contributed by atoms with E-state index in [9.17, 15) is 9.59 Å². The van der Waals surface area contributed by atoms with E-state index in [1.165, 1.54) is 31.0 Å². The van der Waals surface area contributed by atoms with Gasteiger partial charge in [-0.05, 0) is 80.5 Å². The predicted molar refractivity (Wildman–Crippen MR) is 132 cm³/mol. The molecule has 33 heavy (non-hydrogen) atoms. The molecule has 0 saturated heterocycles. The fourth-order valence-corrected chi connectivity index (χ4v) is 4.72. The zero-order chi connectivity index (χ0) is 23.1. The number of hydrogen-bond acceptors (Lipinski definition) is 5. The van der Waals surface area contributed by atoms with E-state index in [0.717, 1.165) is 10.8 Å². The molecule has 3 N–H and O–H groups in total. The van der Waals surface area contributed by atoms with Crippen LogP contribution >= 0.6 is 11.9 Å². The number of aromatic nitrogens is 1. The van der Waals surface area contributed by atoms with Crippen molar-refractivity contribution >= 4 is 29.4 Å². The second-order valence-electron chi connectivity index (χ2n) is 8.59. The lowest BCUT2D eigenvalue weighted by atomic mass is 9.50. The van der Waals surface area contributed by atoms with Crippen LogP contribution in [0.1, 0.15) is 35.3 Å². The molecule has 0 spiro atoms. The summed E-state index contributed by atoms with van der Waals surface area (Å²) in [6.45, 7) is 1.98. The van der Waals surface area contributed by atoms with Gasteiger partial charge in [0.25, 0.3) is 5.91 Å². The van der Waals surface area contributed by atoms with Crippen LogP contribution in [0.25, 0.3) is 0 Å². The molecule has 0 radical (unpaired) electrons. The molecule has 3 fully saturated rings. The van der Waals surface area contributed by atoms with Crippen molar-refractivity contribution in [1.82, 2.24) is 15.0 Å². The van der Waals surface area contributed by atoms with Crippen LogP contribution in [0, 0.1) is 12.8 Å². The largest absolute Gasteiger partial charge is 0.342 e. The van der Waals surface area contributed by atoms with Crippen molar-refractivity contribution < 1.29 is 9.59 Å². The quantitative estimate of drug-likeness (QED) is 0.449. The van der Waals surface area contributed by atoms with E-state index in [4.69, 9.17) is 0 Å². The van der Waals surface area contributed by atoms with Crippen LogP contribution < -0.4 is 15.4 Å². The highest BCUT2D eigenvalue weighted by molar-refractivity contribution is 7.97. The highest BCUT2D eigenvalue weighted by Gasteiger charge is 2.56. The van der Waals surface area contributed by atoms with Crippen LogP contribution in [-0.4, -0.2) is 28.9 Å². The number of carbonyl (C=O) groups is 2. The van der Waals surface area contributed by atoms with Gasteiger partial charge in [0.15, 0.2) is 0 Å². The second-order valence-corrected chi connectivity index (χ2v) is 9.47. The van der Waals surface area contributed by atoms with E-state index in [0.29, 0.717) is 11.2 Å². The normalized spacial score (nSPS) is 19.7. The maximum Gasteiger partial charge on any atom is 0.270 e. The lowest BCUT2D eigenvalue weighted by molar-refractivity contribution is -0.115. The van der Waals surface area contributed by atoms with Crippen molar-refractivity contribution in [3.63, 3.8) is 0 Å². The van der Waals surface area contributed by atoms with Gasteiger partial charge >= 0.3 is 0 Å². The number of rotatable bonds is 7. The monoisotopic (exact) mass is 460 g/mol. The molecule has 0 atom stereocenters. The first kappa shape index (κ1) is 23.0. The summed E-state index contributed by atoms with van der Waals surface area (Å²) >= 11 is 1.65. The number of pyridine rings is 1. The van der Waals surface area contributed by atoms with E-state index in [1.807, 2.05) is 42.5 Å². The van der Waals surface area contributed by atoms with Gasteiger partial charge in [-0.15, -0.1) is 0 Å². The number of carbonyl (C=O) groups excluding carboxylic acids is 2. The topological polar surface area (TPSA) is 83.1 Å². The molecule has 6 nitrogen and oxygen atoms in total. The molecule has 170 valence electrons. The second kappa shape index (κ2) is 10.6. The third-order valence-corrected chi connectivity index (χ3v) is 6.85. The third-order valence-electron chi connectivity index (χ3n) is 5.81. The van der Waals surface area contributed by atoms with Crippen molar-refractivity contribution in [2.75, 3.05) is 11.9 Å². The van der Waals surface area contributed by atoms with Crippen molar-refractivity contribution in [3.8, 4) is 0 Å². The van der Waals surface area contributed by atoms with Gasteiger partial charge in [0, 0.05) is 22.3 Å². The Morgan fingerprint density at radius 1 is 0.970 bits per heavy atom. The van der Waals surface area contributed by atoms with Gasteiger partial charge in [-0.1, -0.05) is 42.0 Å². The van der Waals surface area contributed by atoms with Crippen molar-refractivity contribution in [2.24, 2.45) is 5.92 Å². The molecule has 0 aliphatic heterocycles. The minimum atomic E-state index is -0.368. The van der Waals surface area contributed by atoms with Gasteiger partial charge in [0.05, 0.1) is 6.54 Å². The van der Waals surface area contributed by atoms with Crippen LogP contribution in [0.15, 0.2) is 83.9 Å². The maximum atomic E-state index is 12.0.